The first-order valence-electron chi connectivity index (χ1n) is 27.3. The van der Waals surface area contributed by atoms with Crippen LogP contribution in [0.1, 0.15) is 60.4 Å². The van der Waals surface area contributed by atoms with Crippen LogP contribution >= 0.6 is 0 Å². The van der Waals surface area contributed by atoms with Crippen molar-refractivity contribution in [3.05, 3.63) is 132 Å². The van der Waals surface area contributed by atoms with Crippen LogP contribution in [0.15, 0.2) is 97.6 Å². The zero-order valence-corrected chi connectivity index (χ0v) is 51.6. The van der Waals surface area contributed by atoms with E-state index in [9.17, 15) is 16.8 Å². The molecule has 28 heteroatoms. The van der Waals surface area contributed by atoms with Gasteiger partial charge in [-0.15, -0.1) is 20.4 Å². The van der Waals surface area contributed by atoms with E-state index in [1.165, 1.54) is 42.7 Å². The molecule has 2 fully saturated rings. The highest BCUT2D eigenvalue weighted by Crippen LogP contribution is 2.41. The highest BCUT2D eigenvalue weighted by atomic mass is 32.2. The lowest BCUT2D eigenvalue weighted by Crippen LogP contribution is -2.56. The molecule has 10 rings (SSSR count). The van der Waals surface area contributed by atoms with Crippen molar-refractivity contribution in [2.24, 2.45) is 0 Å². The number of pyridine rings is 2. The summed E-state index contributed by atoms with van der Waals surface area (Å²) in [7, 11) is 4.66. The molecule has 6 aromatic heterocycles. The number of ether oxygens (including phenoxy) is 8. The lowest BCUT2D eigenvalue weighted by molar-refractivity contribution is -0.0531. The van der Waals surface area contributed by atoms with Gasteiger partial charge in [0.1, 0.15) is 68.9 Å². The average Bonchev–Trinajstić information content (AvgIpc) is 1.55. The SMILES string of the molecule is COc1cccc(-c2nnc(CS(=O)(=O)[C@@H](C)[C@@H](c3ncc(C)cn3)N3CC(OC)C3)n2-c2c(OC)cccc2OC)n1.COc1cccc(-c2nnc(CS(=O)(=O)[C@H](C)[C@H](c3ncc(C)cn3)N3CC(OC)C3)n2-c2c(OC)cccc2OC)n1. The minimum atomic E-state index is -3.88. The van der Waals surface area contributed by atoms with Gasteiger partial charge < -0.3 is 37.9 Å². The van der Waals surface area contributed by atoms with Crippen LogP contribution < -0.4 is 28.4 Å². The summed E-state index contributed by atoms with van der Waals surface area (Å²) in [4.78, 5) is 31.1. The Hall–Kier alpha value is -8.28. The first-order chi connectivity index (χ1) is 41.4. The van der Waals surface area contributed by atoms with Crippen LogP contribution in [0.4, 0.5) is 0 Å². The van der Waals surface area contributed by atoms with E-state index < -0.39 is 53.8 Å². The zero-order valence-electron chi connectivity index (χ0n) is 49.9. The van der Waals surface area contributed by atoms with E-state index >= 15 is 0 Å². The minimum Gasteiger partial charge on any atom is -0.494 e. The smallest absolute Gasteiger partial charge is 0.213 e. The summed E-state index contributed by atoms with van der Waals surface area (Å²) in [6.07, 6.45) is 6.81. The molecule has 2 aliphatic heterocycles. The fraction of sp³-hybridized carbons (Fsp3) is 0.414. The van der Waals surface area contributed by atoms with E-state index in [0.29, 0.717) is 107 Å². The third-order valence-electron chi connectivity index (χ3n) is 15.1. The van der Waals surface area contributed by atoms with E-state index in [1.54, 1.807) is 135 Å². The Morgan fingerprint density at radius 3 is 1.09 bits per heavy atom. The van der Waals surface area contributed by atoms with Gasteiger partial charge in [0.2, 0.25) is 11.8 Å². The first kappa shape index (κ1) is 62.3. The summed E-state index contributed by atoms with van der Waals surface area (Å²) in [5.74, 6) is 3.40. The number of likely N-dealkylation sites (tertiary alicyclic amines) is 2. The summed E-state index contributed by atoms with van der Waals surface area (Å²) in [5, 5.41) is 15.7. The van der Waals surface area contributed by atoms with Gasteiger partial charge in [-0.25, -0.2) is 46.7 Å². The molecule has 456 valence electrons. The number of hydrogen-bond donors (Lipinski definition) is 0. The maximum Gasteiger partial charge on any atom is 0.213 e. The topological polar surface area (TPSA) is 287 Å². The Bertz CT molecular complexity index is 3550. The number of nitrogens with zero attached hydrogens (tertiary/aromatic N) is 14. The van der Waals surface area contributed by atoms with Gasteiger partial charge in [0, 0.05) is 77.3 Å². The van der Waals surface area contributed by atoms with Crippen LogP contribution in [0.25, 0.3) is 34.4 Å². The third kappa shape index (κ3) is 13.1. The average molecular weight is 1220 g/mol. The molecule has 0 unspecified atom stereocenters. The van der Waals surface area contributed by atoms with Crippen molar-refractivity contribution in [3.63, 3.8) is 0 Å². The van der Waals surface area contributed by atoms with Crippen molar-refractivity contribution < 1.29 is 54.7 Å². The van der Waals surface area contributed by atoms with Crippen molar-refractivity contribution in [2.45, 2.75) is 74.0 Å². The maximum atomic E-state index is 14.2. The molecule has 0 bridgehead atoms. The fourth-order valence-electron chi connectivity index (χ4n) is 10.2. The molecule has 8 aromatic rings. The minimum absolute atomic E-state index is 0.0156. The Balaban J connectivity index is 0.000000205. The summed E-state index contributed by atoms with van der Waals surface area (Å²) in [5.41, 5.74) is 3.50. The highest BCUT2D eigenvalue weighted by molar-refractivity contribution is 7.91. The van der Waals surface area contributed by atoms with Gasteiger partial charge in [-0.3, -0.25) is 18.9 Å². The van der Waals surface area contributed by atoms with Crippen molar-refractivity contribution in [1.82, 2.24) is 69.2 Å². The fourth-order valence-corrected chi connectivity index (χ4v) is 13.2. The van der Waals surface area contributed by atoms with Gasteiger partial charge in [0.05, 0.1) is 77.5 Å². The lowest BCUT2D eigenvalue weighted by atomic mass is 10.0. The summed E-state index contributed by atoms with van der Waals surface area (Å²) in [6.45, 7) is 9.40. The van der Waals surface area contributed by atoms with Gasteiger partial charge in [0.25, 0.3) is 0 Å². The predicted molar refractivity (Wildman–Crippen MR) is 316 cm³/mol. The molecule has 2 saturated heterocycles. The third-order valence-corrected chi connectivity index (χ3v) is 19.2. The molecule has 8 heterocycles. The second kappa shape index (κ2) is 27.0. The molecule has 86 heavy (non-hydrogen) atoms. The molecule has 0 saturated carbocycles. The zero-order chi connectivity index (χ0) is 61.5. The summed E-state index contributed by atoms with van der Waals surface area (Å²) < 4.78 is 104. The van der Waals surface area contributed by atoms with E-state index in [-0.39, 0.29) is 23.9 Å². The molecule has 0 spiro atoms. The van der Waals surface area contributed by atoms with Gasteiger partial charge in [-0.1, -0.05) is 24.3 Å². The van der Waals surface area contributed by atoms with Gasteiger partial charge in [-0.05, 0) is 75.2 Å². The number of aryl methyl sites for hydroxylation is 2. The second-order valence-corrected chi connectivity index (χ2v) is 25.2. The van der Waals surface area contributed by atoms with Crippen LogP contribution in [0.3, 0.4) is 0 Å². The summed E-state index contributed by atoms with van der Waals surface area (Å²) in [6, 6.07) is 19.8. The predicted octanol–water partition coefficient (Wildman–Crippen LogP) is 5.66. The van der Waals surface area contributed by atoms with Crippen molar-refractivity contribution in [3.8, 4) is 69.2 Å². The van der Waals surface area contributed by atoms with Crippen molar-refractivity contribution in [1.29, 1.82) is 0 Å². The van der Waals surface area contributed by atoms with E-state index in [0.717, 1.165) is 11.1 Å². The highest BCUT2D eigenvalue weighted by Gasteiger charge is 2.45. The van der Waals surface area contributed by atoms with Crippen LogP contribution in [0, 0.1) is 13.8 Å². The normalized spacial score (nSPS) is 15.5. The van der Waals surface area contributed by atoms with Crippen LogP contribution in [0.2, 0.25) is 0 Å². The number of aromatic nitrogens is 12. The Labute approximate surface area is 499 Å². The number of sulfone groups is 2. The number of para-hydroxylation sites is 2. The summed E-state index contributed by atoms with van der Waals surface area (Å²) >= 11 is 0. The molecule has 0 N–H and O–H groups in total. The van der Waals surface area contributed by atoms with Crippen LogP contribution in [-0.2, 0) is 40.7 Å². The largest absolute Gasteiger partial charge is 0.494 e. The molecular weight excluding hydrogens is 1150 g/mol. The number of methoxy groups -OCH3 is 8. The molecule has 0 radical (unpaired) electrons. The Morgan fingerprint density at radius 1 is 0.465 bits per heavy atom. The lowest BCUT2D eigenvalue weighted by Gasteiger charge is -2.44. The van der Waals surface area contributed by atoms with E-state index in [1.807, 2.05) is 23.6 Å². The Morgan fingerprint density at radius 2 is 0.791 bits per heavy atom. The van der Waals surface area contributed by atoms with Gasteiger partial charge in [-0.2, -0.15) is 0 Å². The van der Waals surface area contributed by atoms with Crippen molar-refractivity contribution >= 4 is 19.7 Å². The Kier molecular flexibility index (Phi) is 19.5. The molecular formula is C58H70N14O12S2. The number of benzene rings is 2. The maximum absolute atomic E-state index is 14.2. The first-order valence-corrected chi connectivity index (χ1v) is 30.7. The van der Waals surface area contributed by atoms with Gasteiger partial charge >= 0.3 is 0 Å². The van der Waals surface area contributed by atoms with Crippen LogP contribution in [-0.4, -0.2) is 192 Å². The number of hydrogen-bond acceptors (Lipinski definition) is 24. The van der Waals surface area contributed by atoms with E-state index in [4.69, 9.17) is 37.9 Å². The van der Waals surface area contributed by atoms with E-state index in [2.05, 4.69) is 50.3 Å². The molecule has 26 nitrogen and oxygen atoms in total. The molecule has 2 aliphatic rings. The standard InChI is InChI=1S/2C29H35N7O6S/c2*1-18-13-30-28(31-14-18)26(35-15-20(16-35)39-3)19(2)43(37,38)17-24-33-34-29(21-9-7-12-25(32-21)42-6)36(24)27-22(40-4)10-8-11-23(27)41-5/h2*7-14,19-20,26H,15-17H2,1-6H3/t2*19-,26-/m10/s1. The quantitative estimate of drug-likeness (QED) is 0.0705. The van der Waals surface area contributed by atoms with Crippen LogP contribution in [0.5, 0.6) is 34.8 Å². The monoisotopic (exact) mass is 1220 g/mol. The molecule has 0 amide bonds. The molecule has 2 aromatic carbocycles. The van der Waals surface area contributed by atoms with Gasteiger partial charge in [0.15, 0.2) is 43.0 Å². The molecule has 0 aliphatic carbocycles. The molecule has 4 atom stereocenters. The second-order valence-electron chi connectivity index (χ2n) is 20.5. The number of rotatable bonds is 24. The van der Waals surface area contributed by atoms with Crippen molar-refractivity contribution in [2.75, 3.05) is 83.1 Å².